The number of Topliss-reactive ketones (excluding diaryl/α,β-unsaturated/α-hetero) is 1. The minimum Gasteiger partial charge on any atom is -0.505 e. The summed E-state index contributed by atoms with van der Waals surface area (Å²) in [6.45, 7) is 0. The van der Waals surface area contributed by atoms with E-state index < -0.39 is 51.6 Å². The second-order valence-corrected chi connectivity index (χ2v) is 4.15. The Kier molecular flexibility index (Phi) is 5.35. The molecule has 8 nitrogen and oxygen atoms in total. The van der Waals surface area contributed by atoms with Gasteiger partial charge in [-0.1, -0.05) is 0 Å². The minimum absolute atomic E-state index is 0.493. The number of benzene rings is 1. The Balaban J connectivity index is 3.39. The molecule has 0 fully saturated rings. The number of rotatable bonds is 4. The van der Waals surface area contributed by atoms with Gasteiger partial charge in [0.15, 0.2) is 5.70 Å². The van der Waals surface area contributed by atoms with Gasteiger partial charge >= 0.3 is 12.4 Å². The van der Waals surface area contributed by atoms with Crippen molar-refractivity contribution >= 4 is 17.2 Å². The number of hydrogen-bond donors (Lipinski definition) is 2. The quantitative estimate of drug-likeness (QED) is 0.207. The van der Waals surface area contributed by atoms with Gasteiger partial charge in [0.25, 0.3) is 11.5 Å². The lowest BCUT2D eigenvalue weighted by Crippen LogP contribution is -2.27. The van der Waals surface area contributed by atoms with E-state index in [2.05, 4.69) is 10.2 Å². The number of halogens is 6. The van der Waals surface area contributed by atoms with Crippen molar-refractivity contribution in [3.05, 3.63) is 39.8 Å². The summed E-state index contributed by atoms with van der Waals surface area (Å²) in [7, 11) is 0. The number of aromatic hydroxyl groups is 1. The largest absolute Gasteiger partial charge is 0.505 e. The molecule has 0 atom stereocenters. The van der Waals surface area contributed by atoms with Crippen molar-refractivity contribution in [3.63, 3.8) is 0 Å². The van der Waals surface area contributed by atoms with E-state index in [4.69, 9.17) is 5.11 Å². The Morgan fingerprint density at radius 1 is 1.12 bits per heavy atom. The van der Waals surface area contributed by atoms with E-state index in [1.807, 2.05) is 0 Å². The van der Waals surface area contributed by atoms with Crippen LogP contribution < -0.4 is 0 Å². The van der Waals surface area contributed by atoms with Gasteiger partial charge in [0.05, 0.1) is 11.0 Å². The molecule has 0 heterocycles. The van der Waals surface area contributed by atoms with Crippen molar-refractivity contribution in [2.45, 2.75) is 12.4 Å². The van der Waals surface area contributed by atoms with Crippen LogP contribution in [-0.2, 0) is 4.79 Å². The molecule has 0 aromatic heterocycles. The first-order valence-corrected chi connectivity index (χ1v) is 5.76. The molecule has 0 bridgehead atoms. The predicted molar refractivity (Wildman–Crippen MR) is 66.0 cm³/mol. The van der Waals surface area contributed by atoms with Crippen molar-refractivity contribution in [2.75, 3.05) is 0 Å². The first kappa shape index (κ1) is 19.9. The second-order valence-electron chi connectivity index (χ2n) is 4.15. The van der Waals surface area contributed by atoms with Gasteiger partial charge in [0.1, 0.15) is 11.4 Å². The van der Waals surface area contributed by atoms with Gasteiger partial charge in [0, 0.05) is 6.07 Å². The fourth-order valence-corrected chi connectivity index (χ4v) is 1.28. The molecule has 0 unspecified atom stereocenters. The summed E-state index contributed by atoms with van der Waals surface area (Å²) in [5.74, 6) is -7.09. The average Bonchev–Trinajstić information content (AvgIpc) is 2.46. The molecule has 0 saturated heterocycles. The molecule has 1 rings (SSSR count). The third-order valence-corrected chi connectivity index (χ3v) is 2.39. The number of nitro benzene ring substituents is 1. The van der Waals surface area contributed by atoms with Crippen molar-refractivity contribution in [1.82, 2.24) is 0 Å². The monoisotopic (exact) mass is 373 g/mol. The molecular weight excluding hydrogens is 368 g/mol. The minimum atomic E-state index is -5.80. The van der Waals surface area contributed by atoms with E-state index in [-0.39, 0.29) is 0 Å². The molecular formula is C11H5F6N3O5. The zero-order valence-corrected chi connectivity index (χ0v) is 11.5. The highest BCUT2D eigenvalue weighted by molar-refractivity contribution is 5.99. The molecule has 14 heteroatoms. The number of azo groups is 1. The lowest BCUT2D eigenvalue weighted by molar-refractivity contribution is -0.384. The van der Waals surface area contributed by atoms with Crippen molar-refractivity contribution in [1.29, 1.82) is 0 Å². The number of aliphatic hydroxyl groups excluding tert-OH is 1. The van der Waals surface area contributed by atoms with Gasteiger partial charge in [0.2, 0.25) is 5.76 Å². The fraction of sp³-hybridized carbons (Fsp3) is 0.182. The highest BCUT2D eigenvalue weighted by Crippen LogP contribution is 2.34. The van der Waals surface area contributed by atoms with Gasteiger partial charge in [-0.15, -0.1) is 10.2 Å². The summed E-state index contributed by atoms with van der Waals surface area (Å²) >= 11 is 0. The Bertz CT molecular complexity index is 768. The van der Waals surface area contributed by atoms with Crippen LogP contribution in [0.1, 0.15) is 0 Å². The highest BCUT2D eigenvalue weighted by Gasteiger charge is 2.47. The Hall–Kier alpha value is -3.19. The number of aliphatic hydroxyl groups is 1. The van der Waals surface area contributed by atoms with Crippen molar-refractivity contribution in [2.24, 2.45) is 10.2 Å². The normalized spacial score (nSPS) is 13.7. The van der Waals surface area contributed by atoms with E-state index >= 15 is 0 Å². The predicted octanol–water partition coefficient (Wildman–Crippen LogP) is 3.85. The maximum atomic E-state index is 12.3. The molecule has 0 aliphatic rings. The summed E-state index contributed by atoms with van der Waals surface area (Å²) in [5, 5.41) is 33.8. The Morgan fingerprint density at radius 3 is 2.08 bits per heavy atom. The maximum absolute atomic E-state index is 12.3. The van der Waals surface area contributed by atoms with Gasteiger partial charge in [-0.05, 0) is 6.07 Å². The van der Waals surface area contributed by atoms with E-state index in [1.54, 1.807) is 0 Å². The summed E-state index contributed by atoms with van der Waals surface area (Å²) in [4.78, 5) is 20.4. The lowest BCUT2D eigenvalue weighted by atomic mass is 10.2. The van der Waals surface area contributed by atoms with Gasteiger partial charge in [-0.3, -0.25) is 14.9 Å². The lowest BCUT2D eigenvalue weighted by Gasteiger charge is -2.10. The number of alkyl halides is 6. The van der Waals surface area contributed by atoms with Crippen LogP contribution >= 0.6 is 0 Å². The second kappa shape index (κ2) is 6.74. The summed E-state index contributed by atoms with van der Waals surface area (Å²) in [6.07, 6.45) is -11.5. The molecule has 2 N–H and O–H groups in total. The maximum Gasteiger partial charge on any atom is 0.456 e. The first-order valence-electron chi connectivity index (χ1n) is 5.76. The van der Waals surface area contributed by atoms with Crippen LogP contribution in [0.25, 0.3) is 0 Å². The number of nitrogens with zero attached hydrogens (tertiary/aromatic N) is 3. The van der Waals surface area contributed by atoms with Crippen LogP contribution in [0.3, 0.4) is 0 Å². The number of allylic oxidation sites excluding steroid dienone is 2. The molecule has 0 saturated carbocycles. The van der Waals surface area contributed by atoms with E-state index in [9.17, 15) is 46.4 Å². The number of carbonyl (C=O) groups is 1. The van der Waals surface area contributed by atoms with Crippen molar-refractivity contribution in [3.8, 4) is 5.75 Å². The number of hydrogen-bond acceptors (Lipinski definition) is 7. The summed E-state index contributed by atoms with van der Waals surface area (Å²) in [6, 6.07) is 1.86. The SMILES string of the molecule is O=C(C(N=Nc1ccc([N+](=O)[O-])cc1O)=C(O)C(F)(F)F)C(F)(F)F. The van der Waals surface area contributed by atoms with Gasteiger partial charge < -0.3 is 10.2 Å². The number of carbonyl (C=O) groups excluding carboxylic acids is 1. The van der Waals surface area contributed by atoms with Gasteiger partial charge in [-0.2, -0.15) is 26.3 Å². The molecule has 1 aromatic rings. The van der Waals surface area contributed by atoms with Crippen LogP contribution in [0.4, 0.5) is 37.7 Å². The van der Waals surface area contributed by atoms with Crippen LogP contribution in [0.15, 0.2) is 39.9 Å². The van der Waals surface area contributed by atoms with E-state index in [0.29, 0.717) is 18.2 Å². The summed E-state index contributed by atoms with van der Waals surface area (Å²) < 4.78 is 73.9. The topological polar surface area (TPSA) is 125 Å². The number of phenols is 1. The number of phenolic OH excluding ortho intramolecular Hbond substituents is 1. The van der Waals surface area contributed by atoms with E-state index in [0.717, 1.165) is 0 Å². The van der Waals surface area contributed by atoms with Crippen molar-refractivity contribution < 1.29 is 46.3 Å². The van der Waals surface area contributed by atoms with Crippen LogP contribution in [0.2, 0.25) is 0 Å². The molecule has 25 heavy (non-hydrogen) atoms. The zero-order chi connectivity index (χ0) is 19.6. The first-order chi connectivity index (χ1) is 11.2. The molecule has 0 aliphatic heterocycles. The average molecular weight is 373 g/mol. The molecule has 0 amide bonds. The zero-order valence-electron chi connectivity index (χ0n) is 11.5. The van der Waals surface area contributed by atoms with Crippen LogP contribution in [0, 0.1) is 10.1 Å². The van der Waals surface area contributed by atoms with Crippen LogP contribution in [0.5, 0.6) is 5.75 Å². The Labute approximate surface area is 132 Å². The molecule has 0 aliphatic carbocycles. The number of nitro groups is 1. The van der Waals surface area contributed by atoms with Gasteiger partial charge in [-0.25, -0.2) is 0 Å². The standard InChI is InChI=1S/C11H5F6N3O5/c12-10(13,14)8(22)7(9(23)11(15,16)17)19-18-5-2-1-4(20(24)25)3-6(5)21/h1-3,21-22H. The van der Waals surface area contributed by atoms with Crippen LogP contribution in [-0.4, -0.2) is 33.3 Å². The van der Waals surface area contributed by atoms with E-state index in [1.165, 1.54) is 0 Å². The smallest absolute Gasteiger partial charge is 0.456 e. The third-order valence-electron chi connectivity index (χ3n) is 2.39. The fourth-order valence-electron chi connectivity index (χ4n) is 1.28. The number of ketones is 1. The molecule has 1 aromatic carbocycles. The molecule has 0 radical (unpaired) electrons. The highest BCUT2D eigenvalue weighted by atomic mass is 19.4. The number of non-ortho nitro benzene ring substituents is 1. The Morgan fingerprint density at radius 2 is 1.68 bits per heavy atom. The third kappa shape index (κ3) is 4.89. The molecule has 0 spiro atoms. The summed E-state index contributed by atoms with van der Waals surface area (Å²) in [5.41, 5.74) is -3.90. The molecule has 136 valence electrons.